The zero-order chi connectivity index (χ0) is 21.3. The van der Waals surface area contributed by atoms with Crippen molar-refractivity contribution in [1.29, 1.82) is 0 Å². The van der Waals surface area contributed by atoms with E-state index in [0.29, 0.717) is 0 Å². The number of halogens is 1. The fourth-order valence-corrected chi connectivity index (χ4v) is 5.25. The molecule has 2 unspecified atom stereocenters. The Kier molecular flexibility index (Phi) is 7.04. The third-order valence-corrected chi connectivity index (χ3v) is 7.01. The van der Waals surface area contributed by atoms with E-state index in [1.54, 1.807) is 0 Å². The zero-order valence-electron chi connectivity index (χ0n) is 13.2. The topological polar surface area (TPSA) is 224 Å². The number of H-pyrrole nitrogens is 1. The van der Waals surface area contributed by atoms with Gasteiger partial charge < -0.3 is 29.0 Å². The van der Waals surface area contributed by atoms with Crippen molar-refractivity contribution in [2.75, 3.05) is 6.35 Å². The first-order valence-electron chi connectivity index (χ1n) is 6.77. The summed E-state index contributed by atoms with van der Waals surface area (Å²) in [6.45, 7) is 0. The van der Waals surface area contributed by atoms with Crippen LogP contribution in [0.1, 0.15) is 6.23 Å². The molecule has 1 aliphatic rings. The van der Waals surface area contributed by atoms with Crippen molar-refractivity contribution in [1.82, 2.24) is 9.55 Å². The van der Waals surface area contributed by atoms with Gasteiger partial charge in [0, 0.05) is 6.20 Å². The molecule has 0 bridgehead atoms. The second-order valence-electron chi connectivity index (χ2n) is 4.98. The summed E-state index contributed by atoms with van der Waals surface area (Å²) in [7, 11) is -16.1. The van der Waals surface area contributed by atoms with E-state index in [1.165, 1.54) is 12.2 Å². The largest absolute Gasteiger partial charge is 0.488 e. The highest BCUT2D eigenvalue weighted by atomic mass is 35.5. The van der Waals surface area contributed by atoms with Gasteiger partial charge in [-0.05, 0) is 12.2 Å². The zero-order valence-corrected chi connectivity index (χ0v) is 16.7. The van der Waals surface area contributed by atoms with Crippen LogP contribution in [0.25, 0.3) is 0 Å². The van der Waals surface area contributed by atoms with Crippen LogP contribution in [0.2, 0.25) is 5.02 Å². The van der Waals surface area contributed by atoms with Crippen LogP contribution < -0.4 is 11.2 Å². The standard InChI is InChI=1S/C9H12ClN2O13P3/c10-5-3-12(9(14)11-8(5)13)6-1-2-7(23-6)22-4-26(15,16)24-28(20,21)25-27(17,18)19/h1-3,6-7H,4H2,(H,15,16)(H,20,21)(H,11,13,14)(H2,17,18,19)/t6-,7+/m1/s1. The Labute approximate surface area is 159 Å². The third-order valence-electron chi connectivity index (χ3n) is 2.75. The summed E-state index contributed by atoms with van der Waals surface area (Å²) in [5, 5.41) is -0.307. The molecule has 1 aliphatic heterocycles. The van der Waals surface area contributed by atoms with E-state index >= 15 is 0 Å². The lowest BCUT2D eigenvalue weighted by Gasteiger charge is -2.19. The van der Waals surface area contributed by atoms with Gasteiger partial charge in [-0.3, -0.25) is 18.9 Å². The Morgan fingerprint density at radius 1 is 1.14 bits per heavy atom. The molecule has 19 heteroatoms. The minimum Gasteiger partial charge on any atom is -0.336 e. The van der Waals surface area contributed by atoms with E-state index in [9.17, 15) is 28.2 Å². The van der Waals surface area contributed by atoms with Gasteiger partial charge in [0.25, 0.3) is 5.56 Å². The first-order valence-corrected chi connectivity index (χ1v) is 11.9. The van der Waals surface area contributed by atoms with Crippen LogP contribution in [-0.2, 0) is 31.8 Å². The molecule has 0 spiro atoms. The number of hydrogen-bond acceptors (Lipinski definition) is 9. The fraction of sp³-hybridized carbons (Fsp3) is 0.333. The van der Waals surface area contributed by atoms with Gasteiger partial charge in [0.05, 0.1) is 0 Å². The molecular formula is C9H12ClN2O13P3. The smallest absolute Gasteiger partial charge is 0.336 e. The summed E-state index contributed by atoms with van der Waals surface area (Å²) in [6, 6.07) is 0. The summed E-state index contributed by atoms with van der Waals surface area (Å²) >= 11 is 5.61. The van der Waals surface area contributed by atoms with Crippen molar-refractivity contribution >= 4 is 34.8 Å². The number of aromatic nitrogens is 2. The maximum Gasteiger partial charge on any atom is 0.488 e. The fourth-order valence-electron chi connectivity index (χ4n) is 1.82. The first-order chi connectivity index (χ1) is 12.7. The molecule has 28 heavy (non-hydrogen) atoms. The molecule has 5 N–H and O–H groups in total. The lowest BCUT2D eigenvalue weighted by molar-refractivity contribution is -0.127. The number of aromatic amines is 1. The SMILES string of the molecule is O=c1[nH]c(=O)n([C@H]2C=C[C@@H](OCP(=O)(O)OP(=O)(O)OP(=O)(O)O)O2)cc1Cl. The molecule has 0 aromatic carbocycles. The molecule has 1 aromatic rings. The summed E-state index contributed by atoms with van der Waals surface area (Å²) in [4.78, 5) is 60.3. The van der Waals surface area contributed by atoms with Crippen LogP contribution in [-0.4, -0.2) is 41.8 Å². The Hall–Kier alpha value is -0.920. The molecule has 2 rings (SSSR count). The van der Waals surface area contributed by atoms with Crippen LogP contribution in [0.5, 0.6) is 0 Å². The second kappa shape index (κ2) is 8.44. The van der Waals surface area contributed by atoms with E-state index < -0.39 is 53.4 Å². The van der Waals surface area contributed by atoms with Gasteiger partial charge in [0.1, 0.15) is 5.02 Å². The van der Waals surface area contributed by atoms with Gasteiger partial charge >= 0.3 is 28.9 Å². The van der Waals surface area contributed by atoms with Gasteiger partial charge in [-0.25, -0.2) is 18.2 Å². The lowest BCUT2D eigenvalue weighted by atomic mass is 10.5. The van der Waals surface area contributed by atoms with E-state index in [4.69, 9.17) is 35.8 Å². The average molecular weight is 485 g/mol. The molecule has 0 radical (unpaired) electrons. The predicted octanol–water partition coefficient (Wildman–Crippen LogP) is -0.0131. The number of phosphoric acid groups is 2. The number of nitrogens with zero attached hydrogens (tertiary/aromatic N) is 1. The van der Waals surface area contributed by atoms with Crippen molar-refractivity contribution in [3.05, 3.63) is 44.2 Å². The Bertz CT molecular complexity index is 1030. The lowest BCUT2D eigenvalue weighted by Crippen LogP contribution is -2.32. The number of hydrogen-bond donors (Lipinski definition) is 5. The van der Waals surface area contributed by atoms with Gasteiger partial charge in [0.15, 0.2) is 18.9 Å². The van der Waals surface area contributed by atoms with Crippen molar-refractivity contribution < 1.29 is 51.4 Å². The average Bonchev–Trinajstić information content (AvgIpc) is 2.94. The minimum atomic E-state index is -5.58. The molecule has 0 fully saturated rings. The molecule has 0 saturated carbocycles. The van der Waals surface area contributed by atoms with E-state index in [0.717, 1.165) is 10.8 Å². The van der Waals surface area contributed by atoms with Crippen molar-refractivity contribution in [3.8, 4) is 0 Å². The molecule has 2 heterocycles. The van der Waals surface area contributed by atoms with Crippen LogP contribution in [0.4, 0.5) is 0 Å². The monoisotopic (exact) mass is 484 g/mol. The highest BCUT2D eigenvalue weighted by Gasteiger charge is 2.40. The van der Waals surface area contributed by atoms with Crippen LogP contribution in [0, 0.1) is 0 Å². The molecule has 4 atom stereocenters. The van der Waals surface area contributed by atoms with Gasteiger partial charge in [-0.1, -0.05) is 11.6 Å². The number of ether oxygens (including phenoxy) is 2. The first kappa shape index (κ1) is 23.4. The van der Waals surface area contributed by atoms with Crippen LogP contribution >= 0.6 is 34.8 Å². The Morgan fingerprint density at radius 2 is 1.79 bits per heavy atom. The molecule has 1 aromatic heterocycles. The summed E-state index contributed by atoms with van der Waals surface area (Å²) in [5.41, 5.74) is -1.68. The summed E-state index contributed by atoms with van der Waals surface area (Å²) in [6.07, 6.45) is -0.217. The molecular weight excluding hydrogens is 472 g/mol. The molecule has 0 saturated heterocycles. The molecule has 15 nitrogen and oxygen atoms in total. The van der Waals surface area contributed by atoms with Crippen LogP contribution in [0.3, 0.4) is 0 Å². The van der Waals surface area contributed by atoms with Crippen molar-refractivity contribution in [3.63, 3.8) is 0 Å². The molecule has 0 aliphatic carbocycles. The Morgan fingerprint density at radius 3 is 2.39 bits per heavy atom. The van der Waals surface area contributed by atoms with Gasteiger partial charge in [-0.15, -0.1) is 0 Å². The molecule has 158 valence electrons. The molecule has 0 amide bonds. The number of rotatable bonds is 8. The van der Waals surface area contributed by atoms with Crippen molar-refractivity contribution in [2.45, 2.75) is 12.5 Å². The minimum absolute atomic E-state index is 0.307. The van der Waals surface area contributed by atoms with Crippen LogP contribution in [0.15, 0.2) is 27.9 Å². The highest BCUT2D eigenvalue weighted by Crippen LogP contribution is 2.65. The summed E-state index contributed by atoms with van der Waals surface area (Å²) < 4.78 is 51.6. The third kappa shape index (κ3) is 6.85. The Balaban J connectivity index is 1.97. The maximum absolute atomic E-state index is 11.7. The summed E-state index contributed by atoms with van der Waals surface area (Å²) in [5.74, 6) is 0. The van der Waals surface area contributed by atoms with E-state index in [2.05, 4.69) is 8.62 Å². The maximum atomic E-state index is 11.7. The van der Waals surface area contributed by atoms with Gasteiger partial charge in [-0.2, -0.15) is 4.31 Å². The van der Waals surface area contributed by atoms with E-state index in [1.807, 2.05) is 4.98 Å². The quantitative estimate of drug-likeness (QED) is 0.242. The van der Waals surface area contributed by atoms with E-state index in [-0.39, 0.29) is 5.02 Å². The highest BCUT2D eigenvalue weighted by molar-refractivity contribution is 7.68. The normalized spacial score (nSPS) is 24.0. The van der Waals surface area contributed by atoms with Crippen molar-refractivity contribution in [2.24, 2.45) is 0 Å². The predicted molar refractivity (Wildman–Crippen MR) is 89.2 cm³/mol. The second-order valence-corrected chi connectivity index (χ2v) is 10.1. The number of nitrogens with one attached hydrogen (secondary N) is 1. The van der Waals surface area contributed by atoms with Gasteiger partial charge in [0.2, 0.25) is 0 Å².